The van der Waals surface area contributed by atoms with Gasteiger partial charge in [0.25, 0.3) is 0 Å². The Morgan fingerprint density at radius 1 is 1.20 bits per heavy atom. The van der Waals surface area contributed by atoms with Crippen molar-refractivity contribution in [2.45, 2.75) is 32.8 Å². The highest BCUT2D eigenvalue weighted by Crippen LogP contribution is 2.05. The molecule has 0 saturated carbocycles. The first-order chi connectivity index (χ1) is 7.36. The van der Waals surface area contributed by atoms with E-state index in [1.807, 2.05) is 25.1 Å². The van der Waals surface area contributed by atoms with Crippen LogP contribution in [-0.2, 0) is 11.2 Å². The zero-order valence-corrected chi connectivity index (χ0v) is 9.49. The Balaban J connectivity index is 2.58. The minimum atomic E-state index is 0.0392. The SMILES string of the molecule is CCC#CC(Cc1ccccc1)OCC. The van der Waals surface area contributed by atoms with Crippen LogP contribution in [0.25, 0.3) is 0 Å². The van der Waals surface area contributed by atoms with Gasteiger partial charge in [0, 0.05) is 19.4 Å². The molecular weight excluding hydrogens is 184 g/mol. The minimum absolute atomic E-state index is 0.0392. The van der Waals surface area contributed by atoms with E-state index in [0.717, 1.165) is 19.4 Å². The van der Waals surface area contributed by atoms with Gasteiger partial charge in [-0.05, 0) is 12.5 Å². The molecule has 0 heterocycles. The zero-order chi connectivity index (χ0) is 10.9. The molecule has 1 aromatic rings. The van der Waals surface area contributed by atoms with Crippen LogP contribution < -0.4 is 0 Å². The average Bonchev–Trinajstić information content (AvgIpc) is 2.28. The lowest BCUT2D eigenvalue weighted by Crippen LogP contribution is -2.13. The van der Waals surface area contributed by atoms with Gasteiger partial charge in [-0.25, -0.2) is 0 Å². The third-order valence-corrected chi connectivity index (χ3v) is 2.07. The summed E-state index contributed by atoms with van der Waals surface area (Å²) in [6.07, 6.45) is 1.80. The number of benzene rings is 1. The van der Waals surface area contributed by atoms with Gasteiger partial charge in [0.05, 0.1) is 0 Å². The molecule has 1 atom stereocenters. The normalized spacial score (nSPS) is 11.6. The molecule has 80 valence electrons. The molecule has 1 heteroatoms. The molecule has 0 spiro atoms. The third-order valence-electron chi connectivity index (χ3n) is 2.07. The van der Waals surface area contributed by atoms with Gasteiger partial charge in [0.15, 0.2) is 0 Å². The highest BCUT2D eigenvalue weighted by atomic mass is 16.5. The van der Waals surface area contributed by atoms with Crippen molar-refractivity contribution in [1.82, 2.24) is 0 Å². The Kier molecular flexibility index (Phi) is 5.58. The predicted molar refractivity (Wildman–Crippen MR) is 63.6 cm³/mol. The first-order valence-corrected chi connectivity index (χ1v) is 5.50. The van der Waals surface area contributed by atoms with Gasteiger partial charge < -0.3 is 4.74 Å². The van der Waals surface area contributed by atoms with Gasteiger partial charge in [-0.2, -0.15) is 0 Å². The summed E-state index contributed by atoms with van der Waals surface area (Å²) < 4.78 is 5.57. The monoisotopic (exact) mass is 202 g/mol. The molecule has 1 rings (SSSR count). The van der Waals surface area contributed by atoms with E-state index in [0.29, 0.717) is 0 Å². The predicted octanol–water partition coefficient (Wildman–Crippen LogP) is 3.05. The molecule has 0 fully saturated rings. The van der Waals surface area contributed by atoms with Gasteiger partial charge in [0.1, 0.15) is 6.10 Å². The van der Waals surface area contributed by atoms with Gasteiger partial charge >= 0.3 is 0 Å². The molecule has 0 N–H and O–H groups in total. The molecule has 0 bridgehead atoms. The van der Waals surface area contributed by atoms with E-state index in [1.54, 1.807) is 0 Å². The standard InChI is InChI=1S/C14H18O/c1-3-5-11-14(15-4-2)12-13-9-7-6-8-10-13/h6-10,14H,3-4,12H2,1-2H3. The molecule has 0 aliphatic rings. The summed E-state index contributed by atoms with van der Waals surface area (Å²) in [5.74, 6) is 6.22. The Labute approximate surface area is 92.5 Å². The summed E-state index contributed by atoms with van der Waals surface area (Å²) in [7, 11) is 0. The highest BCUT2D eigenvalue weighted by molar-refractivity contribution is 5.18. The molecule has 0 amide bonds. The van der Waals surface area contributed by atoms with Crippen LogP contribution in [0.2, 0.25) is 0 Å². The highest BCUT2D eigenvalue weighted by Gasteiger charge is 2.04. The number of rotatable bonds is 4. The van der Waals surface area contributed by atoms with Gasteiger partial charge in [-0.3, -0.25) is 0 Å². The molecule has 0 radical (unpaired) electrons. The smallest absolute Gasteiger partial charge is 0.122 e. The quantitative estimate of drug-likeness (QED) is 0.682. The van der Waals surface area contributed by atoms with E-state index >= 15 is 0 Å². The van der Waals surface area contributed by atoms with Crippen molar-refractivity contribution in [1.29, 1.82) is 0 Å². The number of hydrogen-bond donors (Lipinski definition) is 0. The number of ether oxygens (including phenoxy) is 1. The van der Waals surface area contributed by atoms with Crippen LogP contribution in [0.1, 0.15) is 25.8 Å². The fraction of sp³-hybridized carbons (Fsp3) is 0.429. The molecule has 1 nitrogen and oxygen atoms in total. The van der Waals surface area contributed by atoms with Crippen LogP contribution in [0.3, 0.4) is 0 Å². The average molecular weight is 202 g/mol. The maximum atomic E-state index is 5.57. The first-order valence-electron chi connectivity index (χ1n) is 5.50. The zero-order valence-electron chi connectivity index (χ0n) is 9.49. The fourth-order valence-electron chi connectivity index (χ4n) is 1.40. The Bertz CT molecular complexity index is 318. The van der Waals surface area contributed by atoms with E-state index < -0.39 is 0 Å². The Morgan fingerprint density at radius 2 is 1.93 bits per heavy atom. The lowest BCUT2D eigenvalue weighted by Gasteiger charge is -2.10. The Morgan fingerprint density at radius 3 is 2.53 bits per heavy atom. The lowest BCUT2D eigenvalue weighted by molar-refractivity contribution is 0.103. The second-order valence-electron chi connectivity index (χ2n) is 3.31. The first kappa shape index (κ1) is 11.8. The van der Waals surface area contributed by atoms with E-state index in [-0.39, 0.29) is 6.10 Å². The van der Waals surface area contributed by atoms with E-state index in [4.69, 9.17) is 4.74 Å². The van der Waals surface area contributed by atoms with Crippen LogP contribution in [0, 0.1) is 11.8 Å². The summed E-state index contributed by atoms with van der Waals surface area (Å²) in [5.41, 5.74) is 1.28. The van der Waals surface area contributed by atoms with Crippen LogP contribution in [0.5, 0.6) is 0 Å². The summed E-state index contributed by atoms with van der Waals surface area (Å²) in [6, 6.07) is 10.3. The van der Waals surface area contributed by atoms with Crippen LogP contribution in [0.4, 0.5) is 0 Å². The van der Waals surface area contributed by atoms with Crippen molar-refractivity contribution >= 4 is 0 Å². The van der Waals surface area contributed by atoms with Crippen LogP contribution in [0.15, 0.2) is 30.3 Å². The second-order valence-corrected chi connectivity index (χ2v) is 3.31. The molecule has 0 saturated heterocycles. The van der Waals surface area contributed by atoms with Crippen molar-refractivity contribution < 1.29 is 4.74 Å². The van der Waals surface area contributed by atoms with Gasteiger partial charge in [-0.15, -0.1) is 5.92 Å². The van der Waals surface area contributed by atoms with Crippen LogP contribution in [-0.4, -0.2) is 12.7 Å². The molecule has 1 unspecified atom stereocenters. The summed E-state index contributed by atoms with van der Waals surface area (Å²) in [5, 5.41) is 0. The summed E-state index contributed by atoms with van der Waals surface area (Å²) in [6.45, 7) is 4.78. The van der Waals surface area contributed by atoms with Crippen molar-refractivity contribution in [3.8, 4) is 11.8 Å². The summed E-state index contributed by atoms with van der Waals surface area (Å²) in [4.78, 5) is 0. The van der Waals surface area contributed by atoms with E-state index in [1.165, 1.54) is 5.56 Å². The number of hydrogen-bond acceptors (Lipinski definition) is 1. The molecule has 0 aliphatic carbocycles. The van der Waals surface area contributed by atoms with Gasteiger partial charge in [0.2, 0.25) is 0 Å². The van der Waals surface area contributed by atoms with E-state index in [9.17, 15) is 0 Å². The fourth-order valence-corrected chi connectivity index (χ4v) is 1.40. The van der Waals surface area contributed by atoms with Gasteiger partial charge in [-0.1, -0.05) is 43.2 Å². The largest absolute Gasteiger partial charge is 0.365 e. The lowest BCUT2D eigenvalue weighted by atomic mass is 10.1. The maximum Gasteiger partial charge on any atom is 0.122 e. The minimum Gasteiger partial charge on any atom is -0.365 e. The maximum absolute atomic E-state index is 5.57. The van der Waals surface area contributed by atoms with Crippen molar-refractivity contribution in [2.75, 3.05) is 6.61 Å². The van der Waals surface area contributed by atoms with Crippen LogP contribution >= 0.6 is 0 Å². The van der Waals surface area contributed by atoms with Crippen molar-refractivity contribution in [3.05, 3.63) is 35.9 Å². The second kappa shape index (κ2) is 7.09. The summed E-state index contributed by atoms with van der Waals surface area (Å²) >= 11 is 0. The van der Waals surface area contributed by atoms with E-state index in [2.05, 4.69) is 30.9 Å². The van der Waals surface area contributed by atoms with Crippen molar-refractivity contribution in [3.63, 3.8) is 0 Å². The van der Waals surface area contributed by atoms with Crippen molar-refractivity contribution in [2.24, 2.45) is 0 Å². The third kappa shape index (κ3) is 4.67. The topological polar surface area (TPSA) is 9.23 Å². The molecular formula is C14H18O. The molecule has 15 heavy (non-hydrogen) atoms. The molecule has 0 aliphatic heterocycles. The Hall–Kier alpha value is -1.26. The molecule has 1 aromatic carbocycles. The molecule has 0 aromatic heterocycles.